The molecule has 1 aromatic heterocycles. The maximum Gasteiger partial charge on any atom is 0.266 e. The van der Waals surface area contributed by atoms with E-state index in [1.165, 1.54) is 42.0 Å². The molecule has 1 unspecified atom stereocenters. The van der Waals surface area contributed by atoms with Gasteiger partial charge < -0.3 is 4.90 Å². The average molecular weight is 576 g/mol. The molecule has 0 radical (unpaired) electrons. The van der Waals surface area contributed by atoms with E-state index in [2.05, 4.69) is 19.1 Å². The first-order valence-corrected chi connectivity index (χ1v) is 15.1. The molecule has 0 aliphatic heterocycles. The van der Waals surface area contributed by atoms with Gasteiger partial charge in [0.1, 0.15) is 11.6 Å². The van der Waals surface area contributed by atoms with Crippen molar-refractivity contribution in [3.63, 3.8) is 0 Å². The van der Waals surface area contributed by atoms with Crippen LogP contribution < -0.4 is 5.56 Å². The minimum Gasteiger partial charge on any atom is -0.332 e. The van der Waals surface area contributed by atoms with Gasteiger partial charge >= 0.3 is 0 Å². The van der Waals surface area contributed by atoms with Crippen LogP contribution in [0.3, 0.4) is 0 Å². The van der Waals surface area contributed by atoms with Crippen LogP contribution >= 0.6 is 11.6 Å². The van der Waals surface area contributed by atoms with Gasteiger partial charge in [-0.3, -0.25) is 14.2 Å². The number of hydrogen-bond donors (Lipinski definition) is 0. The molecule has 0 fully saturated rings. The van der Waals surface area contributed by atoms with Gasteiger partial charge in [0.05, 0.1) is 27.7 Å². The van der Waals surface area contributed by atoms with E-state index in [1.807, 2.05) is 36.1 Å². The predicted molar refractivity (Wildman–Crippen MR) is 165 cm³/mol. The molecular weight excluding hydrogens is 537 g/mol. The lowest BCUT2D eigenvalue weighted by molar-refractivity contribution is -0.134. The molecule has 3 aromatic carbocycles. The minimum atomic E-state index is -0.565. The molecule has 5 nitrogen and oxygen atoms in total. The van der Waals surface area contributed by atoms with Crippen LogP contribution in [0.15, 0.2) is 77.6 Å². The third-order valence-electron chi connectivity index (χ3n) is 7.57. The molecule has 0 saturated heterocycles. The third-order valence-corrected chi connectivity index (χ3v) is 7.86. The van der Waals surface area contributed by atoms with E-state index in [1.54, 1.807) is 18.2 Å². The van der Waals surface area contributed by atoms with Crippen LogP contribution in [0, 0.1) is 5.82 Å². The first-order chi connectivity index (χ1) is 19.9. The Kier molecular flexibility index (Phi) is 11.1. The van der Waals surface area contributed by atoms with E-state index in [9.17, 15) is 14.0 Å². The molecule has 41 heavy (non-hydrogen) atoms. The van der Waals surface area contributed by atoms with Gasteiger partial charge in [0.2, 0.25) is 5.91 Å². The molecule has 1 heterocycles. The normalized spacial score (nSPS) is 12.0. The summed E-state index contributed by atoms with van der Waals surface area (Å²) in [7, 11) is 0. The number of unbranched alkanes of at least 4 members (excludes halogenated alkanes) is 5. The molecule has 0 N–H and O–H groups in total. The van der Waals surface area contributed by atoms with Gasteiger partial charge in [-0.05, 0) is 55.2 Å². The molecule has 0 aliphatic carbocycles. The van der Waals surface area contributed by atoms with Crippen LogP contribution in [0.1, 0.15) is 82.6 Å². The maximum atomic E-state index is 14.1. The largest absolute Gasteiger partial charge is 0.332 e. The highest BCUT2D eigenvalue weighted by Gasteiger charge is 2.29. The zero-order valence-corrected chi connectivity index (χ0v) is 24.7. The number of fused-ring (bicyclic) bond motifs is 1. The van der Waals surface area contributed by atoms with E-state index in [-0.39, 0.29) is 16.5 Å². The standard InChI is InChI=1S/C34H39ClFN3O2/c1-3-5-6-7-8-12-19-32(40)38(23-22-25-15-10-9-11-16-25)31(4-2)33-37-30-18-14-13-17-27(30)34(41)39(33)26-20-21-29(36)28(35)24-26/h9-11,13-18,20-21,24,31H,3-8,12,19,22-23H2,1-2H3. The lowest BCUT2D eigenvalue weighted by atomic mass is 10.1. The fraction of sp³-hybridized carbons (Fsp3) is 0.382. The number of amides is 1. The summed E-state index contributed by atoms with van der Waals surface area (Å²) in [5, 5.41) is 0.363. The fourth-order valence-electron chi connectivity index (χ4n) is 5.34. The Morgan fingerprint density at radius 3 is 2.39 bits per heavy atom. The number of aromatic nitrogens is 2. The number of rotatable bonds is 14. The van der Waals surface area contributed by atoms with Gasteiger partial charge in [0.25, 0.3) is 5.56 Å². The van der Waals surface area contributed by atoms with Crippen molar-refractivity contribution in [3.05, 3.63) is 105 Å². The Morgan fingerprint density at radius 2 is 1.66 bits per heavy atom. The second-order valence-corrected chi connectivity index (χ2v) is 10.9. The molecule has 0 spiro atoms. The summed E-state index contributed by atoms with van der Waals surface area (Å²) in [4.78, 5) is 34.6. The summed E-state index contributed by atoms with van der Waals surface area (Å²) >= 11 is 6.16. The monoisotopic (exact) mass is 575 g/mol. The van der Waals surface area contributed by atoms with Crippen LogP contribution in [0.4, 0.5) is 4.39 Å². The molecule has 7 heteroatoms. The highest BCUT2D eigenvalue weighted by molar-refractivity contribution is 6.30. The Bertz CT molecular complexity index is 1510. The summed E-state index contributed by atoms with van der Waals surface area (Å²) in [5.41, 5.74) is 1.83. The molecule has 1 atom stereocenters. The van der Waals surface area contributed by atoms with Crippen molar-refractivity contribution in [2.75, 3.05) is 6.54 Å². The third kappa shape index (κ3) is 7.62. The molecule has 4 aromatic rings. The van der Waals surface area contributed by atoms with Crippen LogP contribution in [0.25, 0.3) is 16.6 Å². The zero-order chi connectivity index (χ0) is 29.2. The van der Waals surface area contributed by atoms with Crippen LogP contribution in [0.5, 0.6) is 0 Å². The molecular formula is C34H39ClFN3O2. The summed E-state index contributed by atoms with van der Waals surface area (Å²) in [6, 6.07) is 21.0. The topological polar surface area (TPSA) is 55.2 Å². The summed E-state index contributed by atoms with van der Waals surface area (Å²) in [6.45, 7) is 4.69. The quantitative estimate of drug-likeness (QED) is 0.142. The van der Waals surface area contributed by atoms with E-state index in [0.29, 0.717) is 48.2 Å². The van der Waals surface area contributed by atoms with Gasteiger partial charge in [-0.2, -0.15) is 0 Å². The first-order valence-electron chi connectivity index (χ1n) is 14.7. The summed E-state index contributed by atoms with van der Waals surface area (Å²) < 4.78 is 15.6. The second kappa shape index (κ2) is 14.9. The average Bonchev–Trinajstić information content (AvgIpc) is 2.99. The van der Waals surface area contributed by atoms with Crippen molar-refractivity contribution in [1.29, 1.82) is 0 Å². The number of halogens is 2. The summed E-state index contributed by atoms with van der Waals surface area (Å²) in [6.07, 6.45) is 8.23. The molecule has 216 valence electrons. The van der Waals surface area contributed by atoms with Gasteiger partial charge in [0, 0.05) is 13.0 Å². The number of carbonyl (C=O) groups is 1. The zero-order valence-electron chi connectivity index (χ0n) is 24.0. The SMILES string of the molecule is CCCCCCCCC(=O)N(CCc1ccccc1)C(CC)c1nc2ccccc2c(=O)n1-c1ccc(F)c(Cl)c1. The minimum absolute atomic E-state index is 0.0503. The second-order valence-electron chi connectivity index (χ2n) is 10.5. The highest BCUT2D eigenvalue weighted by Crippen LogP contribution is 2.29. The Balaban J connectivity index is 1.76. The van der Waals surface area contributed by atoms with Crippen molar-refractivity contribution >= 4 is 28.4 Å². The lowest BCUT2D eigenvalue weighted by Crippen LogP contribution is -2.39. The molecule has 4 rings (SSSR count). The van der Waals surface area contributed by atoms with Crippen molar-refractivity contribution in [1.82, 2.24) is 14.5 Å². The van der Waals surface area contributed by atoms with Gasteiger partial charge in [-0.15, -0.1) is 0 Å². The molecule has 0 saturated carbocycles. The molecule has 0 bridgehead atoms. The first kappa shape index (κ1) is 30.4. The number of nitrogens with zero attached hydrogens (tertiary/aromatic N) is 3. The number of para-hydroxylation sites is 1. The van der Waals surface area contributed by atoms with Crippen molar-refractivity contribution in [2.45, 2.75) is 77.7 Å². The van der Waals surface area contributed by atoms with Crippen LogP contribution in [0.2, 0.25) is 5.02 Å². The van der Waals surface area contributed by atoms with Crippen molar-refractivity contribution in [3.8, 4) is 5.69 Å². The van der Waals surface area contributed by atoms with E-state index < -0.39 is 11.9 Å². The van der Waals surface area contributed by atoms with Crippen molar-refractivity contribution in [2.24, 2.45) is 0 Å². The van der Waals surface area contributed by atoms with E-state index in [0.717, 1.165) is 24.8 Å². The molecule has 0 aliphatic rings. The van der Waals surface area contributed by atoms with Gasteiger partial charge in [-0.25, -0.2) is 9.37 Å². The summed E-state index contributed by atoms with van der Waals surface area (Å²) in [5.74, 6) is -0.0676. The van der Waals surface area contributed by atoms with Gasteiger partial charge in [0.15, 0.2) is 0 Å². The fourth-order valence-corrected chi connectivity index (χ4v) is 5.51. The Morgan fingerprint density at radius 1 is 0.951 bits per heavy atom. The van der Waals surface area contributed by atoms with Crippen LogP contribution in [-0.2, 0) is 11.2 Å². The van der Waals surface area contributed by atoms with Crippen LogP contribution in [-0.4, -0.2) is 26.9 Å². The van der Waals surface area contributed by atoms with E-state index in [4.69, 9.17) is 16.6 Å². The Labute approximate surface area is 247 Å². The van der Waals surface area contributed by atoms with E-state index >= 15 is 0 Å². The highest BCUT2D eigenvalue weighted by atomic mass is 35.5. The molecule has 1 amide bonds. The lowest BCUT2D eigenvalue weighted by Gasteiger charge is -2.33. The number of benzene rings is 3. The Hall–Kier alpha value is -3.51. The smallest absolute Gasteiger partial charge is 0.266 e. The maximum absolute atomic E-state index is 14.1. The number of hydrogen-bond acceptors (Lipinski definition) is 3. The predicted octanol–water partition coefficient (Wildman–Crippen LogP) is 8.45. The van der Waals surface area contributed by atoms with Crippen molar-refractivity contribution < 1.29 is 9.18 Å². The number of carbonyl (C=O) groups excluding carboxylic acids is 1. The van der Waals surface area contributed by atoms with Gasteiger partial charge in [-0.1, -0.05) is 100 Å².